The zero-order valence-corrected chi connectivity index (χ0v) is 17.2. The van der Waals surface area contributed by atoms with Crippen LogP contribution in [0.1, 0.15) is 53.7 Å². The number of nitrogens with zero attached hydrogens (tertiary/aromatic N) is 2. The lowest BCUT2D eigenvalue weighted by Crippen LogP contribution is -2.27. The second-order valence-electron chi connectivity index (χ2n) is 8.45. The van der Waals surface area contributed by atoms with Crippen LogP contribution in [0.15, 0.2) is 54.6 Å². The van der Waals surface area contributed by atoms with E-state index in [4.69, 9.17) is 0 Å². The van der Waals surface area contributed by atoms with Gasteiger partial charge in [0.25, 0.3) is 5.91 Å². The molecule has 2 aliphatic rings. The van der Waals surface area contributed by atoms with Crippen LogP contribution in [0.3, 0.4) is 0 Å². The van der Waals surface area contributed by atoms with E-state index in [1.807, 2.05) is 29.2 Å². The molecule has 0 N–H and O–H groups in total. The number of aromatic nitrogens is 1. The van der Waals surface area contributed by atoms with Gasteiger partial charge in [0.2, 0.25) is 0 Å². The van der Waals surface area contributed by atoms with Gasteiger partial charge >= 0.3 is 0 Å². The lowest BCUT2D eigenvalue weighted by atomic mass is 10.1. The van der Waals surface area contributed by atoms with Crippen molar-refractivity contribution in [1.29, 1.82) is 0 Å². The van der Waals surface area contributed by atoms with E-state index < -0.39 is 0 Å². The van der Waals surface area contributed by atoms with E-state index in [0.29, 0.717) is 0 Å². The molecule has 1 aliphatic carbocycles. The molecule has 0 bridgehead atoms. The molecule has 0 saturated carbocycles. The summed E-state index contributed by atoms with van der Waals surface area (Å²) < 4.78 is 15.8. The summed E-state index contributed by atoms with van der Waals surface area (Å²) in [6, 6.07) is 17.0. The predicted molar refractivity (Wildman–Crippen MR) is 118 cm³/mol. The normalized spacial score (nSPS) is 16.4. The molecule has 2 heterocycles. The van der Waals surface area contributed by atoms with Crippen LogP contribution in [-0.2, 0) is 12.8 Å². The average molecular weight is 403 g/mol. The first-order chi connectivity index (χ1) is 14.7. The molecule has 154 valence electrons. The average Bonchev–Trinajstić information content (AvgIpc) is 3.37. The molecule has 0 radical (unpaired) electrons. The maximum absolute atomic E-state index is 13.5. The molecule has 1 aromatic heterocycles. The third-order valence-corrected chi connectivity index (χ3v) is 6.46. The highest BCUT2D eigenvalue weighted by molar-refractivity contribution is 5.94. The van der Waals surface area contributed by atoms with Gasteiger partial charge in [-0.15, -0.1) is 0 Å². The molecule has 0 unspecified atom stereocenters. The molecule has 0 spiro atoms. The first-order valence-electron chi connectivity index (χ1n) is 11.1. The number of carbonyl (C=O) groups is 1. The number of carbonyl (C=O) groups excluding carboxylic acids is 1. The Balaban J connectivity index is 1.56. The molecule has 3 aromatic rings. The van der Waals surface area contributed by atoms with Gasteiger partial charge in [-0.05, 0) is 104 Å². The summed E-state index contributed by atoms with van der Waals surface area (Å²) in [5, 5.41) is 0. The Morgan fingerprint density at radius 2 is 1.50 bits per heavy atom. The fraction of sp³-hybridized carbons (Fsp3) is 0.346. The minimum atomic E-state index is -0.219. The largest absolute Gasteiger partial charge is 0.339 e. The Morgan fingerprint density at radius 3 is 2.23 bits per heavy atom. The summed E-state index contributed by atoms with van der Waals surface area (Å²) in [4.78, 5) is 14.7. The Kier molecular flexibility index (Phi) is 5.16. The van der Waals surface area contributed by atoms with Crippen molar-refractivity contribution in [3.63, 3.8) is 0 Å². The van der Waals surface area contributed by atoms with Crippen LogP contribution in [0.4, 0.5) is 4.39 Å². The van der Waals surface area contributed by atoms with Crippen LogP contribution in [0.25, 0.3) is 16.9 Å². The summed E-state index contributed by atoms with van der Waals surface area (Å²) in [7, 11) is 0. The number of likely N-dealkylation sites (tertiary alicyclic amines) is 1. The highest BCUT2D eigenvalue weighted by Gasteiger charge is 2.21. The van der Waals surface area contributed by atoms with Gasteiger partial charge < -0.3 is 9.47 Å². The Morgan fingerprint density at radius 1 is 0.800 bits per heavy atom. The quantitative estimate of drug-likeness (QED) is 0.509. The molecule has 2 aromatic carbocycles. The van der Waals surface area contributed by atoms with Crippen LogP contribution in [-0.4, -0.2) is 28.5 Å². The third kappa shape index (κ3) is 3.55. The Bertz CT molecular complexity index is 1040. The molecular weight excluding hydrogens is 375 g/mol. The number of amides is 1. The topological polar surface area (TPSA) is 25.2 Å². The number of fused-ring (bicyclic) bond motifs is 1. The molecule has 3 nitrogen and oxygen atoms in total. The van der Waals surface area contributed by atoms with E-state index in [-0.39, 0.29) is 11.7 Å². The number of halogens is 1. The van der Waals surface area contributed by atoms with Crippen LogP contribution >= 0.6 is 0 Å². The van der Waals surface area contributed by atoms with E-state index >= 15 is 0 Å². The van der Waals surface area contributed by atoms with Crippen molar-refractivity contribution in [1.82, 2.24) is 9.47 Å². The summed E-state index contributed by atoms with van der Waals surface area (Å²) in [6.45, 7) is 1.72. The summed E-state index contributed by atoms with van der Waals surface area (Å²) in [5.74, 6) is -0.0904. The number of aryl methyl sites for hydroxylation is 1. The van der Waals surface area contributed by atoms with Gasteiger partial charge in [-0.25, -0.2) is 4.39 Å². The SMILES string of the molecule is O=C(c1ccc(-n2c(-c3ccc(F)cc3)cc3c2CCCCC3)cc1)N1CCCC1. The number of hydrogen-bond donors (Lipinski definition) is 0. The first-order valence-corrected chi connectivity index (χ1v) is 11.1. The molecule has 30 heavy (non-hydrogen) atoms. The lowest BCUT2D eigenvalue weighted by molar-refractivity contribution is 0.0793. The van der Waals surface area contributed by atoms with Gasteiger partial charge in [0.1, 0.15) is 5.82 Å². The first kappa shape index (κ1) is 19.1. The zero-order chi connectivity index (χ0) is 20.5. The van der Waals surface area contributed by atoms with Crippen LogP contribution in [0.5, 0.6) is 0 Å². The fourth-order valence-corrected chi connectivity index (χ4v) is 4.86. The summed E-state index contributed by atoms with van der Waals surface area (Å²) >= 11 is 0. The molecule has 1 aliphatic heterocycles. The van der Waals surface area contributed by atoms with Gasteiger partial charge in [-0.2, -0.15) is 0 Å². The monoisotopic (exact) mass is 402 g/mol. The van der Waals surface area contributed by atoms with E-state index in [1.54, 1.807) is 0 Å². The van der Waals surface area contributed by atoms with Crippen molar-refractivity contribution in [2.24, 2.45) is 0 Å². The van der Waals surface area contributed by atoms with Crippen LogP contribution in [0.2, 0.25) is 0 Å². The van der Waals surface area contributed by atoms with Crippen molar-refractivity contribution in [3.05, 3.63) is 77.2 Å². The minimum absolute atomic E-state index is 0.129. The lowest BCUT2D eigenvalue weighted by Gasteiger charge is -2.17. The highest BCUT2D eigenvalue weighted by atomic mass is 19.1. The molecule has 5 rings (SSSR count). The molecule has 1 fully saturated rings. The Labute approximate surface area is 177 Å². The third-order valence-electron chi connectivity index (χ3n) is 6.46. The standard InChI is InChI=1S/C26H27FN2O/c27-22-12-8-19(9-13-22)25-18-21-6-2-1-3-7-24(21)29(25)23-14-10-20(11-15-23)26(30)28-16-4-5-17-28/h8-15,18H,1-7,16-17H2. The maximum atomic E-state index is 13.5. The van der Waals surface area contributed by atoms with Gasteiger partial charge in [0.05, 0.1) is 5.69 Å². The van der Waals surface area contributed by atoms with E-state index in [2.05, 4.69) is 22.8 Å². The second kappa shape index (κ2) is 8.10. The highest BCUT2D eigenvalue weighted by Crippen LogP contribution is 2.33. The van der Waals surface area contributed by atoms with Gasteiger partial charge in [0, 0.05) is 30.0 Å². The van der Waals surface area contributed by atoms with E-state index in [1.165, 1.54) is 42.7 Å². The molecule has 1 amide bonds. The van der Waals surface area contributed by atoms with Gasteiger partial charge in [0.15, 0.2) is 0 Å². The van der Waals surface area contributed by atoms with Crippen LogP contribution < -0.4 is 0 Å². The molecule has 0 atom stereocenters. The van der Waals surface area contributed by atoms with Crippen molar-refractivity contribution >= 4 is 5.91 Å². The molecular formula is C26H27FN2O. The molecule has 1 saturated heterocycles. The van der Waals surface area contributed by atoms with E-state index in [0.717, 1.165) is 61.3 Å². The number of benzene rings is 2. The summed E-state index contributed by atoms with van der Waals surface area (Å²) in [6.07, 6.45) is 7.98. The second-order valence-corrected chi connectivity index (χ2v) is 8.45. The number of rotatable bonds is 3. The zero-order valence-electron chi connectivity index (χ0n) is 17.2. The van der Waals surface area contributed by atoms with Crippen molar-refractivity contribution in [3.8, 4) is 16.9 Å². The fourth-order valence-electron chi connectivity index (χ4n) is 4.86. The van der Waals surface area contributed by atoms with Crippen molar-refractivity contribution < 1.29 is 9.18 Å². The summed E-state index contributed by atoms with van der Waals surface area (Å²) in [5.41, 5.74) is 6.68. The smallest absolute Gasteiger partial charge is 0.253 e. The van der Waals surface area contributed by atoms with Crippen LogP contribution in [0, 0.1) is 5.82 Å². The predicted octanol–water partition coefficient (Wildman–Crippen LogP) is 5.79. The van der Waals surface area contributed by atoms with Crippen molar-refractivity contribution in [2.45, 2.75) is 44.9 Å². The number of hydrogen-bond acceptors (Lipinski definition) is 1. The van der Waals surface area contributed by atoms with Gasteiger partial charge in [-0.1, -0.05) is 6.42 Å². The van der Waals surface area contributed by atoms with Gasteiger partial charge in [-0.3, -0.25) is 4.79 Å². The van der Waals surface area contributed by atoms with Crippen molar-refractivity contribution in [2.75, 3.05) is 13.1 Å². The molecule has 4 heteroatoms. The maximum Gasteiger partial charge on any atom is 0.253 e. The Hall–Kier alpha value is -2.88. The van der Waals surface area contributed by atoms with E-state index in [9.17, 15) is 9.18 Å². The minimum Gasteiger partial charge on any atom is -0.339 e.